The number of nitrogens with one attached hydrogen (secondary N) is 2. The topological polar surface area (TPSA) is 124 Å². The van der Waals surface area contributed by atoms with Crippen molar-refractivity contribution in [3.05, 3.63) is 47.8 Å². The highest BCUT2D eigenvalue weighted by Crippen LogP contribution is 2.19. The number of rotatable bonds is 8. The normalized spacial score (nSPS) is 12.2. The van der Waals surface area contributed by atoms with Crippen LogP contribution in [-0.4, -0.2) is 35.8 Å². The fraction of sp³-hybridized carbons (Fsp3) is 0.444. The molecule has 0 aromatic carbocycles. The van der Waals surface area contributed by atoms with E-state index in [0.717, 1.165) is 12.2 Å². The Balaban J connectivity index is 1.58. The number of carbonyl (C=O) groups excluding carboxylic acids is 1. The van der Waals surface area contributed by atoms with Gasteiger partial charge in [0.2, 0.25) is 5.89 Å². The lowest BCUT2D eigenvalue weighted by Gasteiger charge is -2.16. The van der Waals surface area contributed by atoms with Crippen molar-refractivity contribution in [3.63, 3.8) is 0 Å². The van der Waals surface area contributed by atoms with Gasteiger partial charge in [-0.2, -0.15) is 10.1 Å². The predicted molar refractivity (Wildman–Crippen MR) is 101 cm³/mol. The molecule has 148 valence electrons. The number of carbonyl (C=O) groups is 1. The van der Waals surface area contributed by atoms with Crippen LogP contribution in [0.1, 0.15) is 67.0 Å². The van der Waals surface area contributed by atoms with Crippen LogP contribution in [0.2, 0.25) is 0 Å². The maximum Gasteiger partial charge on any atom is 0.253 e. The summed E-state index contributed by atoms with van der Waals surface area (Å²) in [6, 6.07) is 3.45. The number of amides is 1. The van der Waals surface area contributed by atoms with Gasteiger partial charge in [-0.25, -0.2) is 9.97 Å². The first-order valence-corrected chi connectivity index (χ1v) is 9.15. The zero-order chi connectivity index (χ0) is 20.1. The standard InChI is InChI=1S/C18H24N8O2/c1-5-13(16-21-10-22-26(16)4)23-14-7-6-12(8-19-14)17(27)20-9-15-24-18(11(2)3)28-25-15/h6-8,10-11,13H,5,9H2,1-4H3,(H,19,23)(H,20,27)/t13-/m1/s1. The van der Waals surface area contributed by atoms with E-state index in [-0.39, 0.29) is 24.4 Å². The average molecular weight is 384 g/mol. The summed E-state index contributed by atoms with van der Waals surface area (Å²) in [5.74, 6) is 2.37. The molecule has 0 fully saturated rings. The molecule has 0 aliphatic carbocycles. The molecule has 3 aromatic rings. The number of hydrogen-bond acceptors (Lipinski definition) is 8. The summed E-state index contributed by atoms with van der Waals surface area (Å²) in [6.07, 6.45) is 3.87. The molecule has 0 spiro atoms. The second-order valence-electron chi connectivity index (χ2n) is 6.67. The molecule has 3 heterocycles. The van der Waals surface area contributed by atoms with Crippen molar-refractivity contribution in [2.75, 3.05) is 5.32 Å². The van der Waals surface area contributed by atoms with E-state index in [1.165, 1.54) is 12.5 Å². The second kappa shape index (κ2) is 8.59. The summed E-state index contributed by atoms with van der Waals surface area (Å²) in [6.45, 7) is 6.17. The molecule has 0 aliphatic rings. The first-order valence-electron chi connectivity index (χ1n) is 9.15. The molecule has 1 atom stereocenters. The van der Waals surface area contributed by atoms with E-state index < -0.39 is 0 Å². The zero-order valence-electron chi connectivity index (χ0n) is 16.4. The van der Waals surface area contributed by atoms with Crippen molar-refractivity contribution >= 4 is 11.7 Å². The maximum absolute atomic E-state index is 12.3. The minimum Gasteiger partial charge on any atom is -0.360 e. The van der Waals surface area contributed by atoms with Gasteiger partial charge in [0.1, 0.15) is 18.0 Å². The van der Waals surface area contributed by atoms with Gasteiger partial charge in [-0.15, -0.1) is 0 Å². The summed E-state index contributed by atoms with van der Waals surface area (Å²) in [7, 11) is 1.85. The van der Waals surface area contributed by atoms with Crippen molar-refractivity contribution in [1.29, 1.82) is 0 Å². The van der Waals surface area contributed by atoms with Crippen LogP contribution >= 0.6 is 0 Å². The monoisotopic (exact) mass is 384 g/mol. The van der Waals surface area contributed by atoms with E-state index in [0.29, 0.717) is 23.1 Å². The quantitative estimate of drug-likeness (QED) is 0.606. The van der Waals surface area contributed by atoms with Crippen LogP contribution in [-0.2, 0) is 13.6 Å². The molecular weight excluding hydrogens is 360 g/mol. The highest BCUT2D eigenvalue weighted by molar-refractivity contribution is 5.93. The third-order valence-electron chi connectivity index (χ3n) is 4.20. The molecule has 0 bridgehead atoms. The van der Waals surface area contributed by atoms with E-state index in [1.807, 2.05) is 20.9 Å². The number of aromatic nitrogens is 6. The fourth-order valence-electron chi connectivity index (χ4n) is 2.60. The molecule has 0 aliphatic heterocycles. The summed E-state index contributed by atoms with van der Waals surface area (Å²) < 4.78 is 6.85. The molecule has 3 rings (SSSR count). The molecule has 10 heteroatoms. The maximum atomic E-state index is 12.3. The van der Waals surface area contributed by atoms with Gasteiger partial charge in [-0.05, 0) is 18.6 Å². The molecule has 2 N–H and O–H groups in total. The third kappa shape index (κ3) is 4.51. The fourth-order valence-corrected chi connectivity index (χ4v) is 2.60. The summed E-state index contributed by atoms with van der Waals surface area (Å²) >= 11 is 0. The Kier molecular flexibility index (Phi) is 5.97. The Morgan fingerprint density at radius 3 is 2.68 bits per heavy atom. The smallest absolute Gasteiger partial charge is 0.253 e. The van der Waals surface area contributed by atoms with Gasteiger partial charge in [-0.1, -0.05) is 25.9 Å². The van der Waals surface area contributed by atoms with E-state index in [2.05, 4.69) is 42.8 Å². The van der Waals surface area contributed by atoms with E-state index in [1.54, 1.807) is 16.8 Å². The minimum atomic E-state index is -0.254. The van der Waals surface area contributed by atoms with Crippen LogP contribution in [0.25, 0.3) is 0 Å². The number of nitrogens with zero attached hydrogens (tertiary/aromatic N) is 6. The Labute approximate surface area is 162 Å². The van der Waals surface area contributed by atoms with E-state index >= 15 is 0 Å². The summed E-state index contributed by atoms with van der Waals surface area (Å²) in [5, 5.41) is 14.0. The Bertz CT molecular complexity index is 916. The lowest BCUT2D eigenvalue weighted by molar-refractivity contribution is 0.0949. The van der Waals surface area contributed by atoms with Gasteiger partial charge in [0.15, 0.2) is 5.82 Å². The molecule has 1 amide bonds. The van der Waals surface area contributed by atoms with Gasteiger partial charge in [-0.3, -0.25) is 9.48 Å². The lowest BCUT2D eigenvalue weighted by Crippen LogP contribution is -2.23. The summed E-state index contributed by atoms with van der Waals surface area (Å²) in [5.41, 5.74) is 0.449. The lowest BCUT2D eigenvalue weighted by atomic mass is 10.2. The highest BCUT2D eigenvalue weighted by Gasteiger charge is 2.16. The molecular formula is C18H24N8O2. The van der Waals surface area contributed by atoms with Gasteiger partial charge in [0.05, 0.1) is 18.2 Å². The minimum absolute atomic E-state index is 0.0203. The number of hydrogen-bond donors (Lipinski definition) is 2. The van der Waals surface area contributed by atoms with Crippen molar-refractivity contribution in [2.24, 2.45) is 7.05 Å². The molecule has 28 heavy (non-hydrogen) atoms. The van der Waals surface area contributed by atoms with Crippen LogP contribution in [0.15, 0.2) is 29.2 Å². The SMILES string of the molecule is CC[C@@H](Nc1ccc(C(=O)NCc2noc(C(C)C)n2)cn1)c1ncnn1C. The van der Waals surface area contributed by atoms with Gasteiger partial charge in [0.25, 0.3) is 5.91 Å². The summed E-state index contributed by atoms with van der Waals surface area (Å²) in [4.78, 5) is 25.1. The Morgan fingerprint density at radius 1 is 1.29 bits per heavy atom. The molecule has 0 saturated carbocycles. The third-order valence-corrected chi connectivity index (χ3v) is 4.20. The molecule has 3 aromatic heterocycles. The first kappa shape index (κ1) is 19.5. The largest absolute Gasteiger partial charge is 0.360 e. The van der Waals surface area contributed by atoms with Crippen LogP contribution in [0.5, 0.6) is 0 Å². The number of aryl methyl sites for hydroxylation is 1. The van der Waals surface area contributed by atoms with Crippen molar-refractivity contribution in [2.45, 2.75) is 45.7 Å². The molecule has 0 unspecified atom stereocenters. The van der Waals surface area contributed by atoms with Crippen LogP contribution in [0.3, 0.4) is 0 Å². The molecule has 0 radical (unpaired) electrons. The van der Waals surface area contributed by atoms with Crippen LogP contribution in [0.4, 0.5) is 5.82 Å². The van der Waals surface area contributed by atoms with E-state index in [4.69, 9.17) is 4.52 Å². The van der Waals surface area contributed by atoms with Gasteiger partial charge in [0, 0.05) is 19.2 Å². The average Bonchev–Trinajstić information content (AvgIpc) is 3.34. The van der Waals surface area contributed by atoms with Crippen molar-refractivity contribution < 1.29 is 9.32 Å². The van der Waals surface area contributed by atoms with Crippen LogP contribution in [0, 0.1) is 0 Å². The zero-order valence-corrected chi connectivity index (χ0v) is 16.4. The van der Waals surface area contributed by atoms with Crippen molar-refractivity contribution in [3.8, 4) is 0 Å². The number of pyridine rings is 1. The van der Waals surface area contributed by atoms with Crippen molar-refractivity contribution in [1.82, 2.24) is 35.2 Å². The van der Waals surface area contributed by atoms with E-state index in [9.17, 15) is 4.79 Å². The Morgan fingerprint density at radius 2 is 2.11 bits per heavy atom. The van der Waals surface area contributed by atoms with Gasteiger partial charge >= 0.3 is 0 Å². The first-order chi connectivity index (χ1) is 13.5. The molecule has 0 saturated heterocycles. The molecule has 10 nitrogen and oxygen atoms in total. The van der Waals surface area contributed by atoms with Gasteiger partial charge < -0.3 is 15.2 Å². The number of anilines is 1. The van der Waals surface area contributed by atoms with Crippen LogP contribution < -0.4 is 10.6 Å². The second-order valence-corrected chi connectivity index (χ2v) is 6.67. The predicted octanol–water partition coefficient (Wildman–Crippen LogP) is 2.21. The highest BCUT2D eigenvalue weighted by atomic mass is 16.5. The Hall–Kier alpha value is -3.30.